The molecule has 106 valence electrons. The van der Waals surface area contributed by atoms with Gasteiger partial charge in [-0.05, 0) is 48.7 Å². The predicted molar refractivity (Wildman–Crippen MR) is 88.8 cm³/mol. The normalized spacial score (nSPS) is 15.2. The van der Waals surface area contributed by atoms with Gasteiger partial charge in [-0.3, -0.25) is 4.57 Å². The highest BCUT2D eigenvalue weighted by Crippen LogP contribution is 2.64. The van der Waals surface area contributed by atoms with Crippen LogP contribution in [-0.4, -0.2) is 0 Å². The molecule has 0 aromatic heterocycles. The lowest BCUT2D eigenvalue weighted by Gasteiger charge is -2.29. The third kappa shape index (κ3) is 2.16. The van der Waals surface area contributed by atoms with Crippen molar-refractivity contribution in [3.05, 3.63) is 77.6 Å². The summed E-state index contributed by atoms with van der Waals surface area (Å²) in [6.45, 7) is 7.69. The zero-order valence-electron chi connectivity index (χ0n) is 12.2. The van der Waals surface area contributed by atoms with E-state index < -0.39 is 7.37 Å². The van der Waals surface area contributed by atoms with Gasteiger partial charge in [0.15, 0.2) is 0 Å². The van der Waals surface area contributed by atoms with Gasteiger partial charge in [-0.25, -0.2) is 0 Å². The molecule has 1 unspecified atom stereocenters. The van der Waals surface area contributed by atoms with Crippen molar-refractivity contribution < 1.29 is 9.09 Å². The Morgan fingerprint density at radius 3 is 2.48 bits per heavy atom. The van der Waals surface area contributed by atoms with Crippen LogP contribution in [0.4, 0.5) is 0 Å². The van der Waals surface area contributed by atoms with Gasteiger partial charge >= 0.3 is 7.37 Å². The number of aryl methyl sites for hydroxylation is 2. The molecule has 0 saturated heterocycles. The van der Waals surface area contributed by atoms with Crippen LogP contribution in [-0.2, 0) is 9.09 Å². The van der Waals surface area contributed by atoms with Gasteiger partial charge in [0.2, 0.25) is 0 Å². The highest BCUT2D eigenvalue weighted by Gasteiger charge is 2.38. The molecule has 1 atom stereocenters. The summed E-state index contributed by atoms with van der Waals surface area (Å²) in [6.07, 6.45) is 3.24. The number of hydrogen-bond acceptors (Lipinski definition) is 2. The van der Waals surface area contributed by atoms with E-state index in [9.17, 15) is 4.57 Å². The van der Waals surface area contributed by atoms with E-state index in [2.05, 4.69) is 25.6 Å². The van der Waals surface area contributed by atoms with Gasteiger partial charge in [0.1, 0.15) is 0 Å². The van der Waals surface area contributed by atoms with E-state index in [0.29, 0.717) is 5.30 Å². The summed E-state index contributed by atoms with van der Waals surface area (Å²) in [5.41, 5.74) is 4.52. The van der Waals surface area contributed by atoms with E-state index in [1.54, 1.807) is 0 Å². The van der Waals surface area contributed by atoms with E-state index >= 15 is 0 Å². The van der Waals surface area contributed by atoms with Gasteiger partial charge in [0.05, 0.1) is 16.9 Å². The molecule has 2 aromatic rings. The van der Waals surface area contributed by atoms with Gasteiger partial charge < -0.3 is 4.52 Å². The van der Waals surface area contributed by atoms with Crippen molar-refractivity contribution >= 4 is 24.1 Å². The SMILES string of the molecule is C=COP(=O)(C1=Cc2cc(C)cc(C)c21)c1ccccc1. The minimum Gasteiger partial charge on any atom is -0.445 e. The topological polar surface area (TPSA) is 26.3 Å². The fourth-order valence-electron chi connectivity index (χ4n) is 2.82. The molecule has 21 heavy (non-hydrogen) atoms. The first-order chi connectivity index (χ1) is 10.1. The minimum absolute atomic E-state index is 0.696. The van der Waals surface area contributed by atoms with Crippen LogP contribution < -0.4 is 5.30 Å². The van der Waals surface area contributed by atoms with Crippen LogP contribution in [0.2, 0.25) is 0 Å². The summed E-state index contributed by atoms with van der Waals surface area (Å²) in [7, 11) is -3.11. The van der Waals surface area contributed by atoms with Crippen LogP contribution in [0.15, 0.2) is 55.3 Å². The summed E-state index contributed by atoms with van der Waals surface area (Å²) in [6, 6.07) is 13.5. The summed E-state index contributed by atoms with van der Waals surface area (Å²) in [4.78, 5) is 0. The van der Waals surface area contributed by atoms with Gasteiger partial charge in [0, 0.05) is 0 Å². The Labute approximate surface area is 125 Å². The summed E-state index contributed by atoms with van der Waals surface area (Å²) in [5, 5.41) is 1.47. The molecule has 0 spiro atoms. The van der Waals surface area contributed by atoms with E-state index in [0.717, 1.165) is 22.0 Å². The van der Waals surface area contributed by atoms with Gasteiger partial charge in [-0.15, -0.1) is 0 Å². The minimum atomic E-state index is -3.11. The Morgan fingerprint density at radius 1 is 1.14 bits per heavy atom. The smallest absolute Gasteiger partial charge is 0.306 e. The Balaban J connectivity index is 2.13. The highest BCUT2D eigenvalue weighted by atomic mass is 31.2. The zero-order chi connectivity index (χ0) is 15.0. The molecule has 0 heterocycles. The molecule has 1 aliphatic carbocycles. The Kier molecular flexibility index (Phi) is 3.35. The third-order valence-corrected chi connectivity index (χ3v) is 6.11. The molecule has 0 amide bonds. The quantitative estimate of drug-likeness (QED) is 0.594. The second-order valence-electron chi connectivity index (χ2n) is 5.23. The maximum absolute atomic E-state index is 13.4. The van der Waals surface area contributed by atoms with Gasteiger partial charge in [0.25, 0.3) is 0 Å². The molecule has 0 radical (unpaired) electrons. The lowest BCUT2D eigenvalue weighted by Crippen LogP contribution is -2.12. The van der Waals surface area contributed by atoms with Crippen molar-refractivity contribution in [2.45, 2.75) is 13.8 Å². The fourth-order valence-corrected chi connectivity index (χ4v) is 5.02. The molecule has 2 aromatic carbocycles. The van der Waals surface area contributed by atoms with Crippen molar-refractivity contribution in [3.63, 3.8) is 0 Å². The number of fused-ring (bicyclic) bond motifs is 1. The standard InChI is InChI=1S/C18H17O2P/c1-4-20-21(19,16-8-6-5-7-9-16)17-12-15-11-13(2)10-14(3)18(15)17/h4-12H,1H2,2-3H3. The molecule has 1 aliphatic rings. The first-order valence-electron chi connectivity index (χ1n) is 6.85. The van der Waals surface area contributed by atoms with Crippen molar-refractivity contribution in [1.82, 2.24) is 0 Å². The van der Waals surface area contributed by atoms with Crippen molar-refractivity contribution in [2.75, 3.05) is 0 Å². The molecular formula is C18H17O2P. The third-order valence-electron chi connectivity index (χ3n) is 3.69. The monoisotopic (exact) mass is 296 g/mol. The van der Waals surface area contributed by atoms with Crippen molar-refractivity contribution in [3.8, 4) is 0 Å². The average molecular weight is 296 g/mol. The Morgan fingerprint density at radius 2 is 1.86 bits per heavy atom. The van der Waals surface area contributed by atoms with Gasteiger partial charge in [-0.2, -0.15) is 0 Å². The van der Waals surface area contributed by atoms with E-state index in [1.807, 2.05) is 43.3 Å². The first kappa shape index (κ1) is 13.9. The molecule has 0 bridgehead atoms. The van der Waals surface area contributed by atoms with Crippen LogP contribution in [0.1, 0.15) is 22.3 Å². The molecular weight excluding hydrogens is 279 g/mol. The second-order valence-corrected chi connectivity index (χ2v) is 7.55. The van der Waals surface area contributed by atoms with E-state index in [4.69, 9.17) is 4.52 Å². The van der Waals surface area contributed by atoms with Crippen molar-refractivity contribution in [1.29, 1.82) is 0 Å². The molecule has 0 fully saturated rings. The maximum atomic E-state index is 13.4. The van der Waals surface area contributed by atoms with Crippen LogP contribution in [0.25, 0.3) is 11.4 Å². The summed E-state index contributed by atoms with van der Waals surface area (Å²) >= 11 is 0. The molecule has 3 heteroatoms. The molecule has 3 rings (SSSR count). The highest BCUT2D eigenvalue weighted by molar-refractivity contribution is 7.77. The Hall–Kier alpha value is -2.05. The lowest BCUT2D eigenvalue weighted by atomic mass is 9.91. The lowest BCUT2D eigenvalue weighted by molar-refractivity contribution is 0.462. The molecule has 0 aliphatic heterocycles. The van der Waals surface area contributed by atoms with E-state index in [-0.39, 0.29) is 0 Å². The number of hydrogen-bond donors (Lipinski definition) is 0. The maximum Gasteiger partial charge on any atom is 0.306 e. The van der Waals surface area contributed by atoms with Gasteiger partial charge in [-0.1, -0.05) is 42.5 Å². The fraction of sp³-hybridized carbons (Fsp3) is 0.111. The summed E-state index contributed by atoms with van der Waals surface area (Å²) < 4.78 is 18.9. The predicted octanol–water partition coefficient (Wildman–Crippen LogP) is 4.88. The van der Waals surface area contributed by atoms with Crippen LogP contribution >= 0.6 is 7.37 Å². The van der Waals surface area contributed by atoms with Crippen LogP contribution in [0.3, 0.4) is 0 Å². The van der Waals surface area contributed by atoms with E-state index in [1.165, 1.54) is 11.8 Å². The number of benzene rings is 2. The molecule has 0 N–H and O–H groups in total. The zero-order valence-corrected chi connectivity index (χ0v) is 13.1. The van der Waals surface area contributed by atoms with Crippen LogP contribution in [0.5, 0.6) is 0 Å². The largest absolute Gasteiger partial charge is 0.445 e. The molecule has 2 nitrogen and oxygen atoms in total. The second kappa shape index (κ2) is 5.05. The summed E-state index contributed by atoms with van der Waals surface area (Å²) in [5.74, 6) is 0. The first-order valence-corrected chi connectivity index (χ1v) is 8.47. The van der Waals surface area contributed by atoms with Crippen LogP contribution in [0, 0.1) is 13.8 Å². The molecule has 0 saturated carbocycles. The van der Waals surface area contributed by atoms with Crippen molar-refractivity contribution in [2.24, 2.45) is 0 Å². The number of rotatable bonds is 4. The average Bonchev–Trinajstić information content (AvgIpc) is 2.42. The Bertz CT molecular complexity index is 788.